The minimum Gasteiger partial charge on any atom is -0.438 e. The van der Waals surface area contributed by atoms with E-state index in [1.165, 1.54) is 0 Å². The zero-order chi connectivity index (χ0) is 13.9. The quantitative estimate of drug-likeness (QED) is 0.696. The molecule has 0 amide bonds. The van der Waals surface area contributed by atoms with Crippen LogP contribution in [0.1, 0.15) is 25.6 Å². The fraction of sp³-hybridized carbons (Fsp3) is 0.176. The molecular formula is C17H16N2O. The Bertz CT molecular complexity index is 723. The number of hydrogen-bond donors (Lipinski definition) is 0. The highest BCUT2D eigenvalue weighted by Gasteiger charge is 2.11. The van der Waals surface area contributed by atoms with Gasteiger partial charge < -0.3 is 4.74 Å². The molecule has 0 aliphatic rings. The fourth-order valence-electron chi connectivity index (χ4n) is 2.00. The van der Waals surface area contributed by atoms with Crippen molar-refractivity contribution in [2.45, 2.75) is 19.8 Å². The van der Waals surface area contributed by atoms with Crippen LogP contribution in [0.5, 0.6) is 11.6 Å². The normalized spacial score (nSPS) is 10.9. The lowest BCUT2D eigenvalue weighted by Gasteiger charge is -2.11. The Kier molecular flexibility index (Phi) is 3.33. The molecule has 2 aromatic carbocycles. The zero-order valence-electron chi connectivity index (χ0n) is 11.6. The number of hydrogen-bond acceptors (Lipinski definition) is 3. The van der Waals surface area contributed by atoms with Crippen molar-refractivity contribution in [1.82, 2.24) is 9.97 Å². The molecule has 3 nitrogen and oxygen atoms in total. The molecule has 1 aromatic heterocycles. The summed E-state index contributed by atoms with van der Waals surface area (Å²) >= 11 is 0. The van der Waals surface area contributed by atoms with Crippen LogP contribution >= 0.6 is 0 Å². The van der Waals surface area contributed by atoms with E-state index in [4.69, 9.17) is 4.74 Å². The third-order valence-corrected chi connectivity index (χ3v) is 3.06. The van der Waals surface area contributed by atoms with Crippen molar-refractivity contribution in [3.05, 3.63) is 60.4 Å². The van der Waals surface area contributed by atoms with Crippen LogP contribution in [-0.4, -0.2) is 9.97 Å². The van der Waals surface area contributed by atoms with Crippen LogP contribution in [0.3, 0.4) is 0 Å². The van der Waals surface area contributed by atoms with Crippen molar-refractivity contribution < 1.29 is 4.74 Å². The number of fused-ring (bicyclic) bond motifs is 1. The van der Waals surface area contributed by atoms with Gasteiger partial charge in [0.1, 0.15) is 11.6 Å². The Morgan fingerprint density at radius 1 is 0.850 bits per heavy atom. The molecule has 0 saturated carbocycles. The monoisotopic (exact) mass is 264 g/mol. The first-order valence-electron chi connectivity index (χ1n) is 6.73. The largest absolute Gasteiger partial charge is 0.438 e. The van der Waals surface area contributed by atoms with E-state index in [-0.39, 0.29) is 5.92 Å². The predicted molar refractivity (Wildman–Crippen MR) is 80.1 cm³/mol. The Hall–Kier alpha value is -2.42. The molecule has 0 spiro atoms. The summed E-state index contributed by atoms with van der Waals surface area (Å²) < 4.78 is 5.93. The Morgan fingerprint density at radius 3 is 2.30 bits per heavy atom. The van der Waals surface area contributed by atoms with Crippen LogP contribution in [0.2, 0.25) is 0 Å². The highest BCUT2D eigenvalue weighted by molar-refractivity contribution is 5.83. The lowest BCUT2D eigenvalue weighted by Crippen LogP contribution is -2.00. The molecule has 0 radical (unpaired) electrons. The third-order valence-electron chi connectivity index (χ3n) is 3.06. The van der Waals surface area contributed by atoms with E-state index in [0.29, 0.717) is 5.88 Å². The molecule has 0 atom stereocenters. The molecular weight excluding hydrogens is 248 g/mol. The average Bonchev–Trinajstić information content (AvgIpc) is 2.48. The van der Waals surface area contributed by atoms with Crippen molar-refractivity contribution in [2.75, 3.05) is 0 Å². The standard InChI is InChI=1S/C17H16N2O/c1-12(2)16-18-15-11-7-6-10-14(15)17(19-16)20-13-8-4-3-5-9-13/h3-12H,1-2H3. The molecule has 0 saturated heterocycles. The van der Waals surface area contributed by atoms with Gasteiger partial charge in [0, 0.05) is 5.92 Å². The first kappa shape index (κ1) is 12.6. The fourth-order valence-corrected chi connectivity index (χ4v) is 2.00. The number of aromatic nitrogens is 2. The summed E-state index contributed by atoms with van der Waals surface area (Å²) in [6.45, 7) is 4.16. The van der Waals surface area contributed by atoms with E-state index < -0.39 is 0 Å². The maximum absolute atomic E-state index is 5.93. The molecule has 0 aliphatic carbocycles. The summed E-state index contributed by atoms with van der Waals surface area (Å²) in [4.78, 5) is 9.15. The first-order valence-corrected chi connectivity index (χ1v) is 6.73. The van der Waals surface area contributed by atoms with Crippen LogP contribution in [0.4, 0.5) is 0 Å². The molecule has 1 heterocycles. The van der Waals surface area contributed by atoms with Crippen LogP contribution in [-0.2, 0) is 0 Å². The number of rotatable bonds is 3. The zero-order valence-corrected chi connectivity index (χ0v) is 11.6. The van der Waals surface area contributed by atoms with Gasteiger partial charge in [0.2, 0.25) is 5.88 Å². The van der Waals surface area contributed by atoms with Gasteiger partial charge in [-0.25, -0.2) is 4.98 Å². The molecule has 0 N–H and O–H groups in total. The van der Waals surface area contributed by atoms with E-state index in [0.717, 1.165) is 22.5 Å². The minimum atomic E-state index is 0.262. The molecule has 0 unspecified atom stereocenters. The number of ether oxygens (including phenoxy) is 1. The molecule has 3 aromatic rings. The molecule has 100 valence electrons. The van der Waals surface area contributed by atoms with Gasteiger partial charge in [0.05, 0.1) is 10.9 Å². The first-order chi connectivity index (χ1) is 9.74. The van der Waals surface area contributed by atoms with Gasteiger partial charge in [0.25, 0.3) is 0 Å². The molecule has 0 aliphatic heterocycles. The molecule has 0 fully saturated rings. The van der Waals surface area contributed by atoms with E-state index in [1.807, 2.05) is 54.6 Å². The summed E-state index contributed by atoms with van der Waals surface area (Å²) in [5, 5.41) is 0.931. The molecule has 3 heteroatoms. The van der Waals surface area contributed by atoms with E-state index in [2.05, 4.69) is 23.8 Å². The third kappa shape index (κ3) is 2.48. The van der Waals surface area contributed by atoms with Crippen molar-refractivity contribution in [1.29, 1.82) is 0 Å². The van der Waals surface area contributed by atoms with Gasteiger partial charge in [-0.15, -0.1) is 0 Å². The Labute approximate surface area is 118 Å². The van der Waals surface area contributed by atoms with Gasteiger partial charge in [0.15, 0.2) is 0 Å². The van der Waals surface area contributed by atoms with Gasteiger partial charge >= 0.3 is 0 Å². The van der Waals surface area contributed by atoms with Crippen LogP contribution in [0, 0.1) is 0 Å². The second-order valence-corrected chi connectivity index (χ2v) is 4.97. The molecule has 20 heavy (non-hydrogen) atoms. The van der Waals surface area contributed by atoms with Gasteiger partial charge in [-0.2, -0.15) is 4.98 Å². The summed E-state index contributed by atoms with van der Waals surface area (Å²) in [5.74, 6) is 2.46. The molecule has 3 rings (SSSR count). The Balaban J connectivity index is 2.12. The van der Waals surface area contributed by atoms with E-state index >= 15 is 0 Å². The average molecular weight is 264 g/mol. The van der Waals surface area contributed by atoms with E-state index in [9.17, 15) is 0 Å². The highest BCUT2D eigenvalue weighted by atomic mass is 16.5. The lowest BCUT2D eigenvalue weighted by atomic mass is 10.2. The second kappa shape index (κ2) is 5.29. The SMILES string of the molecule is CC(C)c1nc(Oc2ccccc2)c2ccccc2n1. The van der Waals surface area contributed by atoms with Crippen molar-refractivity contribution in [2.24, 2.45) is 0 Å². The Morgan fingerprint density at radius 2 is 1.55 bits per heavy atom. The maximum atomic E-state index is 5.93. The topological polar surface area (TPSA) is 35.0 Å². The predicted octanol–water partition coefficient (Wildman–Crippen LogP) is 4.55. The summed E-state index contributed by atoms with van der Waals surface area (Å²) in [6.07, 6.45) is 0. The number of para-hydroxylation sites is 2. The van der Waals surface area contributed by atoms with Crippen LogP contribution in [0.15, 0.2) is 54.6 Å². The number of benzene rings is 2. The number of nitrogens with zero attached hydrogens (tertiary/aromatic N) is 2. The van der Waals surface area contributed by atoms with Gasteiger partial charge in [-0.1, -0.05) is 44.2 Å². The summed E-state index contributed by atoms with van der Waals surface area (Å²) in [5.41, 5.74) is 0.914. The second-order valence-electron chi connectivity index (χ2n) is 4.97. The smallest absolute Gasteiger partial charge is 0.230 e. The van der Waals surface area contributed by atoms with Gasteiger partial charge in [-0.05, 0) is 24.3 Å². The van der Waals surface area contributed by atoms with Crippen LogP contribution in [0.25, 0.3) is 10.9 Å². The van der Waals surface area contributed by atoms with Crippen molar-refractivity contribution >= 4 is 10.9 Å². The minimum absolute atomic E-state index is 0.262. The van der Waals surface area contributed by atoms with Gasteiger partial charge in [-0.3, -0.25) is 0 Å². The van der Waals surface area contributed by atoms with Crippen molar-refractivity contribution in [3.8, 4) is 11.6 Å². The van der Waals surface area contributed by atoms with E-state index in [1.54, 1.807) is 0 Å². The summed E-state index contributed by atoms with van der Waals surface area (Å²) in [7, 11) is 0. The highest BCUT2D eigenvalue weighted by Crippen LogP contribution is 2.28. The maximum Gasteiger partial charge on any atom is 0.230 e. The van der Waals surface area contributed by atoms with Crippen LogP contribution < -0.4 is 4.74 Å². The lowest BCUT2D eigenvalue weighted by molar-refractivity contribution is 0.464. The summed E-state index contributed by atoms with van der Waals surface area (Å²) in [6, 6.07) is 17.6. The van der Waals surface area contributed by atoms with Crippen molar-refractivity contribution in [3.63, 3.8) is 0 Å². The molecule has 0 bridgehead atoms.